The number of rotatable bonds is 7. The van der Waals surface area contributed by atoms with Crippen LogP contribution in [-0.4, -0.2) is 37.1 Å². The summed E-state index contributed by atoms with van der Waals surface area (Å²) in [6.45, 7) is 10.4. The molecule has 0 aromatic carbocycles. The molecule has 1 aliphatic carbocycles. The van der Waals surface area contributed by atoms with Crippen LogP contribution in [0.3, 0.4) is 0 Å². The molecule has 1 saturated carbocycles. The van der Waals surface area contributed by atoms with E-state index >= 15 is 0 Å². The van der Waals surface area contributed by atoms with Gasteiger partial charge in [0.25, 0.3) is 0 Å². The summed E-state index contributed by atoms with van der Waals surface area (Å²) in [6, 6.07) is 4.41. The summed E-state index contributed by atoms with van der Waals surface area (Å²) in [5, 5.41) is 5.94. The van der Waals surface area contributed by atoms with Gasteiger partial charge < -0.3 is 10.2 Å². The zero-order chi connectivity index (χ0) is 15.3. The molecule has 1 fully saturated rings. The van der Waals surface area contributed by atoms with Crippen LogP contribution in [0.1, 0.15) is 51.3 Å². The van der Waals surface area contributed by atoms with Crippen LogP contribution in [0.5, 0.6) is 0 Å². The average Bonchev–Trinajstić information content (AvgIpc) is 3.05. The molecule has 1 aromatic heterocycles. The lowest BCUT2D eigenvalue weighted by atomic mass is 9.84. The molecule has 2 nitrogen and oxygen atoms in total. The largest absolute Gasteiger partial charge is 0.311 e. The van der Waals surface area contributed by atoms with Crippen LogP contribution in [0.25, 0.3) is 0 Å². The predicted octanol–water partition coefficient (Wildman–Crippen LogP) is 4.17. The first-order valence-corrected chi connectivity index (χ1v) is 9.23. The van der Waals surface area contributed by atoms with E-state index in [0.717, 1.165) is 0 Å². The van der Waals surface area contributed by atoms with Crippen molar-refractivity contribution in [3.8, 4) is 0 Å². The molecule has 0 radical (unpaired) electrons. The molecule has 1 N–H and O–H groups in total. The van der Waals surface area contributed by atoms with E-state index in [1.54, 1.807) is 0 Å². The molecule has 1 aromatic rings. The Morgan fingerprint density at radius 3 is 2.57 bits per heavy atom. The SMILES string of the molecule is CN(CCc1cccs1)CC1(CNC(C)(C)C)CCCC1. The maximum absolute atomic E-state index is 3.76. The van der Waals surface area contributed by atoms with Gasteiger partial charge in [-0.05, 0) is 63.9 Å². The van der Waals surface area contributed by atoms with Gasteiger partial charge in [0, 0.05) is 30.1 Å². The molecule has 0 bridgehead atoms. The second kappa shape index (κ2) is 7.26. The number of hydrogen-bond donors (Lipinski definition) is 1. The normalized spacial score (nSPS) is 18.5. The lowest BCUT2D eigenvalue weighted by Crippen LogP contribution is -2.47. The number of likely N-dealkylation sites (N-methyl/N-ethyl adjacent to an activating group) is 1. The van der Waals surface area contributed by atoms with E-state index in [1.165, 1.54) is 56.6 Å². The third-order valence-electron chi connectivity index (χ3n) is 4.58. The number of nitrogens with one attached hydrogen (secondary N) is 1. The standard InChI is InChI=1S/C18H32N2S/c1-17(2,3)19-14-18(10-5-6-11-18)15-20(4)12-9-16-8-7-13-21-16/h7-8,13,19H,5-6,9-12,14-15H2,1-4H3. The Morgan fingerprint density at radius 2 is 2.00 bits per heavy atom. The van der Waals surface area contributed by atoms with E-state index in [0.29, 0.717) is 5.41 Å². The molecule has 2 rings (SSSR count). The van der Waals surface area contributed by atoms with Crippen molar-refractivity contribution in [2.24, 2.45) is 5.41 Å². The van der Waals surface area contributed by atoms with Gasteiger partial charge in [0.05, 0.1) is 0 Å². The van der Waals surface area contributed by atoms with Crippen molar-refractivity contribution in [1.82, 2.24) is 10.2 Å². The summed E-state index contributed by atoms with van der Waals surface area (Å²) in [7, 11) is 2.30. The van der Waals surface area contributed by atoms with E-state index in [9.17, 15) is 0 Å². The van der Waals surface area contributed by atoms with Crippen LogP contribution in [0.15, 0.2) is 17.5 Å². The summed E-state index contributed by atoms with van der Waals surface area (Å²) < 4.78 is 0. The maximum atomic E-state index is 3.76. The van der Waals surface area contributed by atoms with E-state index in [-0.39, 0.29) is 5.54 Å². The summed E-state index contributed by atoms with van der Waals surface area (Å²) in [6.07, 6.45) is 6.78. The average molecular weight is 309 g/mol. The van der Waals surface area contributed by atoms with Crippen LogP contribution in [0.4, 0.5) is 0 Å². The van der Waals surface area contributed by atoms with Crippen LogP contribution in [0.2, 0.25) is 0 Å². The first kappa shape index (κ1) is 17.0. The molecule has 1 aliphatic rings. The summed E-state index contributed by atoms with van der Waals surface area (Å²) >= 11 is 1.88. The molecule has 0 spiro atoms. The molecule has 21 heavy (non-hydrogen) atoms. The van der Waals surface area contributed by atoms with Crippen LogP contribution < -0.4 is 5.32 Å². The highest BCUT2D eigenvalue weighted by Crippen LogP contribution is 2.38. The van der Waals surface area contributed by atoms with Crippen molar-refractivity contribution >= 4 is 11.3 Å². The molecule has 0 saturated heterocycles. The summed E-state index contributed by atoms with van der Waals surface area (Å²) in [5.74, 6) is 0. The number of nitrogens with zero attached hydrogens (tertiary/aromatic N) is 1. The smallest absolute Gasteiger partial charge is 0.00967 e. The van der Waals surface area contributed by atoms with Crippen molar-refractivity contribution in [3.05, 3.63) is 22.4 Å². The van der Waals surface area contributed by atoms with Gasteiger partial charge in [-0.25, -0.2) is 0 Å². The molecule has 0 unspecified atom stereocenters. The molecule has 1 heterocycles. The fraction of sp³-hybridized carbons (Fsp3) is 0.778. The molecular formula is C18H32N2S. The highest BCUT2D eigenvalue weighted by molar-refractivity contribution is 7.09. The molecule has 120 valence electrons. The van der Waals surface area contributed by atoms with Gasteiger partial charge in [0.1, 0.15) is 0 Å². The van der Waals surface area contributed by atoms with Gasteiger partial charge in [-0.3, -0.25) is 0 Å². The Morgan fingerprint density at radius 1 is 1.29 bits per heavy atom. The van der Waals surface area contributed by atoms with Crippen LogP contribution in [-0.2, 0) is 6.42 Å². The first-order chi connectivity index (χ1) is 9.89. The quantitative estimate of drug-likeness (QED) is 0.813. The molecule has 0 atom stereocenters. The third kappa shape index (κ3) is 5.72. The van der Waals surface area contributed by atoms with Crippen molar-refractivity contribution in [2.45, 2.75) is 58.4 Å². The van der Waals surface area contributed by atoms with Gasteiger partial charge in [-0.1, -0.05) is 18.9 Å². The van der Waals surface area contributed by atoms with Crippen molar-refractivity contribution < 1.29 is 0 Å². The Balaban J connectivity index is 1.83. The summed E-state index contributed by atoms with van der Waals surface area (Å²) in [4.78, 5) is 4.06. The third-order valence-corrected chi connectivity index (χ3v) is 5.52. The molecular weight excluding hydrogens is 276 g/mol. The Bertz CT molecular complexity index is 399. The minimum Gasteiger partial charge on any atom is -0.311 e. The van der Waals surface area contributed by atoms with Crippen molar-refractivity contribution in [2.75, 3.05) is 26.7 Å². The number of thiophene rings is 1. The topological polar surface area (TPSA) is 15.3 Å². The Hall–Kier alpha value is -0.380. The highest BCUT2D eigenvalue weighted by atomic mass is 32.1. The lowest BCUT2D eigenvalue weighted by Gasteiger charge is -2.36. The zero-order valence-electron chi connectivity index (χ0n) is 14.2. The molecule has 0 aliphatic heterocycles. The second-order valence-corrected chi connectivity index (χ2v) is 8.91. The highest BCUT2D eigenvalue weighted by Gasteiger charge is 2.35. The van der Waals surface area contributed by atoms with Gasteiger partial charge >= 0.3 is 0 Å². The summed E-state index contributed by atoms with van der Waals surface area (Å²) in [5.41, 5.74) is 0.725. The molecule has 3 heteroatoms. The van der Waals surface area contributed by atoms with Gasteiger partial charge in [-0.15, -0.1) is 11.3 Å². The van der Waals surface area contributed by atoms with E-state index in [4.69, 9.17) is 0 Å². The lowest BCUT2D eigenvalue weighted by molar-refractivity contribution is 0.162. The second-order valence-electron chi connectivity index (χ2n) is 7.88. The fourth-order valence-corrected chi connectivity index (χ4v) is 4.07. The minimum atomic E-state index is 0.227. The van der Waals surface area contributed by atoms with E-state index in [1.807, 2.05) is 11.3 Å². The molecule has 0 amide bonds. The zero-order valence-corrected chi connectivity index (χ0v) is 15.1. The monoisotopic (exact) mass is 308 g/mol. The van der Waals surface area contributed by atoms with Crippen molar-refractivity contribution in [1.29, 1.82) is 0 Å². The first-order valence-electron chi connectivity index (χ1n) is 8.35. The fourth-order valence-electron chi connectivity index (χ4n) is 3.38. The van der Waals surface area contributed by atoms with Gasteiger partial charge in [0.15, 0.2) is 0 Å². The predicted molar refractivity (Wildman–Crippen MR) is 94.2 cm³/mol. The Kier molecular flexibility index (Phi) is 5.87. The van der Waals surface area contributed by atoms with E-state index in [2.05, 4.69) is 55.5 Å². The Labute approximate surface area is 134 Å². The van der Waals surface area contributed by atoms with Crippen LogP contribution >= 0.6 is 11.3 Å². The van der Waals surface area contributed by atoms with Gasteiger partial charge in [-0.2, -0.15) is 0 Å². The van der Waals surface area contributed by atoms with Crippen LogP contribution in [0, 0.1) is 5.41 Å². The minimum absolute atomic E-state index is 0.227. The van der Waals surface area contributed by atoms with Crippen molar-refractivity contribution in [3.63, 3.8) is 0 Å². The number of hydrogen-bond acceptors (Lipinski definition) is 3. The van der Waals surface area contributed by atoms with Gasteiger partial charge in [0.2, 0.25) is 0 Å². The van der Waals surface area contributed by atoms with E-state index < -0.39 is 0 Å². The maximum Gasteiger partial charge on any atom is 0.00967 e.